The third kappa shape index (κ3) is 3.19. The first-order valence-corrected chi connectivity index (χ1v) is 9.10. The van der Waals surface area contributed by atoms with Crippen molar-refractivity contribution in [1.82, 2.24) is 4.57 Å². The summed E-state index contributed by atoms with van der Waals surface area (Å²) in [6.07, 6.45) is 10.4. The third-order valence-corrected chi connectivity index (χ3v) is 5.29. The topological polar surface area (TPSA) is 8.81 Å². The van der Waals surface area contributed by atoms with Crippen LogP contribution in [0.15, 0.2) is 85.7 Å². The molecule has 0 aliphatic rings. The first-order valence-electron chi connectivity index (χ1n) is 8.29. The molecular formula is C22H19N2S+. The van der Waals surface area contributed by atoms with Gasteiger partial charge in [-0.25, -0.2) is 0 Å². The molecule has 2 aromatic carbocycles. The van der Waals surface area contributed by atoms with Gasteiger partial charge in [-0.15, -0.1) is 0 Å². The van der Waals surface area contributed by atoms with E-state index < -0.39 is 0 Å². The highest BCUT2D eigenvalue weighted by Gasteiger charge is 2.16. The van der Waals surface area contributed by atoms with Crippen LogP contribution >= 0.6 is 11.3 Å². The van der Waals surface area contributed by atoms with Crippen molar-refractivity contribution in [2.45, 2.75) is 6.54 Å². The van der Waals surface area contributed by atoms with E-state index in [9.17, 15) is 0 Å². The van der Waals surface area contributed by atoms with Gasteiger partial charge in [-0.2, -0.15) is 4.57 Å². The second kappa shape index (κ2) is 6.91. The van der Waals surface area contributed by atoms with Gasteiger partial charge >= 0.3 is 0 Å². The molecular weight excluding hydrogens is 324 g/mol. The van der Waals surface area contributed by atoms with Gasteiger partial charge in [-0.1, -0.05) is 42.2 Å². The summed E-state index contributed by atoms with van der Waals surface area (Å²) < 4.78 is 5.71. The largest absolute Gasteiger partial charge is 0.324 e. The molecule has 0 saturated heterocycles. The van der Waals surface area contributed by atoms with Gasteiger partial charge < -0.3 is 4.57 Å². The summed E-state index contributed by atoms with van der Waals surface area (Å²) >= 11 is 1.81. The number of thiazole rings is 1. The van der Waals surface area contributed by atoms with Crippen molar-refractivity contribution in [2.75, 3.05) is 0 Å². The first kappa shape index (κ1) is 15.6. The molecule has 0 saturated carbocycles. The van der Waals surface area contributed by atoms with Crippen LogP contribution in [0.5, 0.6) is 0 Å². The molecule has 0 unspecified atom stereocenters. The van der Waals surface area contributed by atoms with Gasteiger partial charge in [0.15, 0.2) is 6.54 Å². The van der Waals surface area contributed by atoms with Crippen molar-refractivity contribution in [3.63, 3.8) is 0 Å². The number of rotatable bonds is 5. The van der Waals surface area contributed by atoms with Gasteiger partial charge in [-0.05, 0) is 48.0 Å². The minimum absolute atomic E-state index is 0.816. The van der Waals surface area contributed by atoms with Crippen LogP contribution in [-0.4, -0.2) is 4.57 Å². The Morgan fingerprint density at radius 3 is 2.44 bits per heavy atom. The first-order chi connectivity index (χ1) is 12.3. The molecule has 2 heterocycles. The van der Waals surface area contributed by atoms with Crippen LogP contribution in [0.3, 0.4) is 0 Å². The Morgan fingerprint density at radius 2 is 1.68 bits per heavy atom. The van der Waals surface area contributed by atoms with E-state index in [0.717, 1.165) is 6.54 Å². The molecule has 0 amide bonds. The lowest BCUT2D eigenvalue weighted by molar-refractivity contribution is -0.658. The van der Waals surface area contributed by atoms with Crippen LogP contribution in [0.1, 0.15) is 10.6 Å². The predicted molar refractivity (Wildman–Crippen MR) is 107 cm³/mol. The lowest BCUT2D eigenvalue weighted by atomic mass is 10.2. The number of benzene rings is 2. The molecule has 0 aliphatic heterocycles. The number of aromatic nitrogens is 2. The van der Waals surface area contributed by atoms with E-state index in [4.69, 9.17) is 0 Å². The molecule has 0 N–H and O–H groups in total. The molecule has 2 aromatic heterocycles. The second-order valence-electron chi connectivity index (χ2n) is 5.82. The number of nitrogens with zero attached hydrogens (tertiary/aromatic N) is 2. The van der Waals surface area contributed by atoms with Crippen molar-refractivity contribution in [1.29, 1.82) is 0 Å². The van der Waals surface area contributed by atoms with E-state index in [1.54, 1.807) is 0 Å². The van der Waals surface area contributed by atoms with Gasteiger partial charge in [-0.3, -0.25) is 0 Å². The number of fused-ring (bicyclic) bond motifs is 1. The predicted octanol–water partition coefficient (Wildman–Crippen LogP) is 5.34. The lowest BCUT2D eigenvalue weighted by Gasteiger charge is -2.02. The fourth-order valence-corrected chi connectivity index (χ4v) is 4.00. The molecule has 25 heavy (non-hydrogen) atoms. The highest BCUT2D eigenvalue weighted by atomic mass is 32.1. The number of allylic oxidation sites excluding steroid dienone is 1. The van der Waals surface area contributed by atoms with Crippen molar-refractivity contribution >= 4 is 33.7 Å². The Labute approximate surface area is 151 Å². The Kier molecular flexibility index (Phi) is 4.32. The highest BCUT2D eigenvalue weighted by molar-refractivity contribution is 7.18. The minimum atomic E-state index is 0.816. The monoisotopic (exact) mass is 343 g/mol. The van der Waals surface area contributed by atoms with Gasteiger partial charge in [0.05, 0.1) is 0 Å². The van der Waals surface area contributed by atoms with E-state index in [-0.39, 0.29) is 0 Å². The third-order valence-electron chi connectivity index (χ3n) is 4.16. The van der Waals surface area contributed by atoms with Crippen LogP contribution in [0, 0.1) is 0 Å². The van der Waals surface area contributed by atoms with Crippen molar-refractivity contribution < 1.29 is 4.57 Å². The molecule has 0 spiro atoms. The van der Waals surface area contributed by atoms with E-state index in [1.165, 1.54) is 26.5 Å². The van der Waals surface area contributed by atoms with E-state index in [0.29, 0.717) is 0 Å². The summed E-state index contributed by atoms with van der Waals surface area (Å²) in [6.45, 7) is 4.71. The van der Waals surface area contributed by atoms with Gasteiger partial charge in [0.25, 0.3) is 5.01 Å². The summed E-state index contributed by atoms with van der Waals surface area (Å²) in [6, 6.07) is 21.2. The van der Waals surface area contributed by atoms with Crippen LogP contribution in [0.4, 0.5) is 0 Å². The summed E-state index contributed by atoms with van der Waals surface area (Å²) in [7, 11) is 0. The van der Waals surface area contributed by atoms with Crippen molar-refractivity contribution in [3.8, 4) is 5.69 Å². The van der Waals surface area contributed by atoms with Crippen LogP contribution in [0.2, 0.25) is 0 Å². The zero-order chi connectivity index (χ0) is 17.1. The second-order valence-corrected chi connectivity index (χ2v) is 6.88. The summed E-state index contributed by atoms with van der Waals surface area (Å²) in [4.78, 5) is 0. The molecule has 0 radical (unpaired) electrons. The quantitative estimate of drug-likeness (QED) is 0.342. The normalized spacial score (nSPS) is 11.4. The zero-order valence-corrected chi connectivity index (χ0v) is 14.7. The van der Waals surface area contributed by atoms with Gasteiger partial charge in [0.1, 0.15) is 4.70 Å². The maximum absolute atomic E-state index is 3.89. The fraction of sp³-hybridized carbons (Fsp3) is 0.0455. The molecule has 0 fully saturated rings. The Balaban J connectivity index is 1.64. The van der Waals surface area contributed by atoms with Crippen LogP contribution in [-0.2, 0) is 6.54 Å². The van der Waals surface area contributed by atoms with Crippen molar-refractivity contribution in [2.24, 2.45) is 0 Å². The molecule has 0 aliphatic carbocycles. The molecule has 4 rings (SSSR count). The average Bonchev–Trinajstić information content (AvgIpc) is 3.30. The smallest absolute Gasteiger partial charge is 0.263 e. The molecule has 4 aromatic rings. The van der Waals surface area contributed by atoms with Gasteiger partial charge in [0.2, 0.25) is 5.52 Å². The molecule has 2 nitrogen and oxygen atoms in total. The Morgan fingerprint density at radius 1 is 0.920 bits per heavy atom. The molecule has 0 atom stereocenters. The van der Waals surface area contributed by atoms with Crippen LogP contribution in [0.25, 0.3) is 28.1 Å². The van der Waals surface area contributed by atoms with E-state index in [2.05, 4.69) is 88.8 Å². The average molecular weight is 343 g/mol. The Hall–Kier alpha value is -2.91. The molecule has 3 heteroatoms. The maximum atomic E-state index is 3.89. The number of hydrogen-bond donors (Lipinski definition) is 0. The zero-order valence-electron chi connectivity index (χ0n) is 13.9. The Bertz CT molecular complexity index is 1020. The highest BCUT2D eigenvalue weighted by Crippen LogP contribution is 2.22. The minimum Gasteiger partial charge on any atom is -0.324 e. The van der Waals surface area contributed by atoms with Crippen molar-refractivity contribution in [3.05, 3.63) is 96.3 Å². The lowest BCUT2D eigenvalue weighted by Crippen LogP contribution is -2.33. The number of para-hydroxylation sites is 1. The standard InChI is InChI=1S/C22H19N2S/c1-2-15-24-20-7-3-4-8-21(20)25-22(24)14-11-18-9-12-19(13-10-18)23-16-5-6-17-23/h2-14,16-17H,1,15H2/q+1. The SMILES string of the molecule is C=CC[n+]1c(/C=C/c2ccc(-n3cccc3)cc2)sc2ccccc21. The summed E-state index contributed by atoms with van der Waals surface area (Å²) in [5.41, 5.74) is 3.62. The van der Waals surface area contributed by atoms with Gasteiger partial charge in [0, 0.05) is 30.2 Å². The summed E-state index contributed by atoms with van der Waals surface area (Å²) in [5, 5.41) is 1.23. The van der Waals surface area contributed by atoms with Crippen LogP contribution < -0.4 is 4.57 Å². The fourth-order valence-electron chi connectivity index (χ4n) is 2.93. The number of hydrogen-bond acceptors (Lipinski definition) is 1. The van der Waals surface area contributed by atoms with E-state index in [1.807, 2.05) is 29.5 Å². The molecule has 122 valence electrons. The molecule has 0 bridgehead atoms. The maximum Gasteiger partial charge on any atom is 0.263 e. The summed E-state index contributed by atoms with van der Waals surface area (Å²) in [5.74, 6) is 0. The van der Waals surface area contributed by atoms with E-state index >= 15 is 0 Å².